The van der Waals surface area contributed by atoms with Gasteiger partial charge in [0.25, 0.3) is 5.97 Å². The molecule has 7 rings (SSSR count). The summed E-state index contributed by atoms with van der Waals surface area (Å²) in [5.74, 6) is -3.73. The number of aliphatic hydroxyl groups is 2. The lowest BCUT2D eigenvalue weighted by Gasteiger charge is -2.59. The SMILES string of the molecule is C=C(C)[C@]12C[C@@H](C)[C@@]34O[C@](Cc5ccccc5)(O[C@@H]1C3C=C(COC(=O)Cc1ccc(O)c(CO)c1)C[C@]1(O)C(=O)C(C)=C[C@@H]41)O2. The summed E-state index contributed by atoms with van der Waals surface area (Å²) in [7, 11) is 0. The minimum absolute atomic E-state index is 0.0286. The third kappa shape index (κ3) is 4.47. The number of hydrogen-bond acceptors (Lipinski definition) is 9. The lowest BCUT2D eigenvalue weighted by molar-refractivity contribution is -0.421. The summed E-state index contributed by atoms with van der Waals surface area (Å²) in [5, 5.41) is 31.8. The Labute approximate surface area is 268 Å². The van der Waals surface area contributed by atoms with Crippen LogP contribution in [-0.2, 0) is 48.0 Å². The first kappa shape index (κ1) is 31.0. The van der Waals surface area contributed by atoms with Gasteiger partial charge in [-0.3, -0.25) is 9.59 Å². The van der Waals surface area contributed by atoms with Gasteiger partial charge in [0.15, 0.2) is 5.78 Å². The predicted molar refractivity (Wildman–Crippen MR) is 166 cm³/mol. The molecule has 1 saturated carbocycles. The molecule has 0 aromatic heterocycles. The summed E-state index contributed by atoms with van der Waals surface area (Å²) in [6, 6.07) is 14.4. The first-order chi connectivity index (χ1) is 21.9. The number of carbonyl (C=O) groups excluding carboxylic acids is 2. The number of benzene rings is 2. The van der Waals surface area contributed by atoms with Crippen LogP contribution in [0.15, 0.2) is 84.0 Å². The molecule has 3 fully saturated rings. The fourth-order valence-corrected chi connectivity index (χ4v) is 8.76. The average molecular weight is 629 g/mol. The van der Waals surface area contributed by atoms with E-state index in [9.17, 15) is 24.9 Å². The third-order valence-corrected chi connectivity index (χ3v) is 10.8. The zero-order chi connectivity index (χ0) is 32.6. The van der Waals surface area contributed by atoms with Gasteiger partial charge in [0.05, 0.1) is 25.0 Å². The Morgan fingerprint density at radius 3 is 2.59 bits per heavy atom. The second-order valence-corrected chi connectivity index (χ2v) is 13.8. The van der Waals surface area contributed by atoms with E-state index in [1.165, 1.54) is 6.07 Å². The van der Waals surface area contributed by atoms with Gasteiger partial charge in [0.2, 0.25) is 0 Å². The fourth-order valence-electron chi connectivity index (χ4n) is 8.76. The highest BCUT2D eigenvalue weighted by atomic mass is 16.9. The van der Waals surface area contributed by atoms with Crippen molar-refractivity contribution in [2.45, 2.75) is 81.9 Å². The molecule has 2 aromatic carbocycles. The van der Waals surface area contributed by atoms with Crippen LogP contribution in [-0.4, -0.2) is 62.6 Å². The van der Waals surface area contributed by atoms with Gasteiger partial charge in [0.1, 0.15) is 29.7 Å². The molecule has 2 aromatic rings. The van der Waals surface area contributed by atoms with E-state index in [1.807, 2.05) is 49.4 Å². The lowest BCUT2D eigenvalue weighted by atomic mass is 9.55. The molecule has 3 N–H and O–H groups in total. The van der Waals surface area contributed by atoms with Crippen LogP contribution in [0.5, 0.6) is 5.75 Å². The van der Waals surface area contributed by atoms with Crippen LogP contribution in [0.4, 0.5) is 0 Å². The maximum atomic E-state index is 13.8. The zero-order valence-corrected chi connectivity index (χ0v) is 26.3. The standard InChI is InChI=1S/C37H40O9/c1-21(2)35-16-23(4)37-28(33(35)44-36(45-35,46-37)18-24-8-6-5-7-9-24)14-26(17-34(42)30(37)12-22(3)32(34)41)20-43-31(40)15-25-10-11-29(39)27(13-25)19-38/h5-14,23,28,30,33,38-39,42H,1,15-20H2,2-4H3/t23-,28?,30-,33-,34-,35-,36-,37-/m1/s1. The van der Waals surface area contributed by atoms with E-state index >= 15 is 0 Å². The van der Waals surface area contributed by atoms with E-state index in [2.05, 4.69) is 13.5 Å². The van der Waals surface area contributed by atoms with Crippen molar-refractivity contribution in [1.82, 2.24) is 0 Å². The maximum absolute atomic E-state index is 13.8. The number of Topliss-reactive ketones (excluding diaryl/α,β-unsaturated/α-hetero) is 1. The minimum atomic E-state index is -1.81. The summed E-state index contributed by atoms with van der Waals surface area (Å²) in [5.41, 5.74) is -0.0302. The number of ketones is 1. The first-order valence-corrected chi connectivity index (χ1v) is 15.9. The topological polar surface area (TPSA) is 132 Å². The summed E-state index contributed by atoms with van der Waals surface area (Å²) in [6.45, 7) is 9.57. The molecule has 5 aliphatic rings. The highest BCUT2D eigenvalue weighted by molar-refractivity contribution is 6.04. The molecule has 0 amide bonds. The molecular formula is C37H40O9. The molecule has 3 aliphatic carbocycles. The number of carbonyl (C=O) groups is 2. The van der Waals surface area contributed by atoms with Crippen molar-refractivity contribution in [2.24, 2.45) is 17.8 Å². The zero-order valence-electron chi connectivity index (χ0n) is 26.3. The van der Waals surface area contributed by atoms with E-state index < -0.39 is 46.7 Å². The van der Waals surface area contributed by atoms with Crippen molar-refractivity contribution >= 4 is 11.8 Å². The number of rotatable bonds is 8. The smallest absolute Gasteiger partial charge is 0.310 e. The van der Waals surface area contributed by atoms with Gasteiger partial charge in [-0.1, -0.05) is 62.1 Å². The van der Waals surface area contributed by atoms with Crippen LogP contribution in [0.1, 0.15) is 50.3 Å². The monoisotopic (exact) mass is 628 g/mol. The van der Waals surface area contributed by atoms with Gasteiger partial charge in [0, 0.05) is 23.8 Å². The highest BCUT2D eigenvalue weighted by Gasteiger charge is 2.79. The van der Waals surface area contributed by atoms with Crippen molar-refractivity contribution in [3.05, 3.63) is 101 Å². The number of hydrogen-bond donors (Lipinski definition) is 3. The van der Waals surface area contributed by atoms with Crippen LogP contribution in [0, 0.1) is 17.8 Å². The molecule has 2 saturated heterocycles. The molecule has 46 heavy (non-hydrogen) atoms. The summed E-state index contributed by atoms with van der Waals surface area (Å²) in [4.78, 5) is 26.8. The van der Waals surface area contributed by atoms with Gasteiger partial charge in [-0.05, 0) is 66.2 Å². The van der Waals surface area contributed by atoms with E-state index in [1.54, 1.807) is 19.1 Å². The van der Waals surface area contributed by atoms with Crippen LogP contribution in [0.25, 0.3) is 0 Å². The molecule has 3 bridgehead atoms. The Kier molecular flexibility index (Phi) is 7.23. The largest absolute Gasteiger partial charge is 0.508 e. The molecule has 0 radical (unpaired) electrons. The van der Waals surface area contributed by atoms with Crippen molar-refractivity contribution in [3.63, 3.8) is 0 Å². The molecular weight excluding hydrogens is 588 g/mol. The van der Waals surface area contributed by atoms with E-state index in [-0.39, 0.29) is 43.5 Å². The molecule has 242 valence electrons. The maximum Gasteiger partial charge on any atom is 0.310 e. The van der Waals surface area contributed by atoms with Gasteiger partial charge in [-0.2, -0.15) is 0 Å². The number of aromatic hydroxyl groups is 1. The fraction of sp³-hybridized carbons (Fsp3) is 0.459. The van der Waals surface area contributed by atoms with E-state index in [4.69, 9.17) is 18.9 Å². The van der Waals surface area contributed by atoms with Crippen LogP contribution >= 0.6 is 0 Å². The number of phenols is 1. The molecule has 9 nitrogen and oxygen atoms in total. The van der Waals surface area contributed by atoms with Crippen molar-refractivity contribution < 1.29 is 43.9 Å². The molecule has 2 heterocycles. The number of fused-ring (bicyclic) bond motifs is 2. The van der Waals surface area contributed by atoms with Gasteiger partial charge in [-0.25, -0.2) is 0 Å². The Morgan fingerprint density at radius 1 is 1.11 bits per heavy atom. The van der Waals surface area contributed by atoms with Gasteiger partial charge < -0.3 is 34.3 Å². The Balaban J connectivity index is 1.27. The van der Waals surface area contributed by atoms with Crippen LogP contribution in [0.2, 0.25) is 0 Å². The molecule has 1 unspecified atom stereocenters. The van der Waals surface area contributed by atoms with E-state index in [0.717, 1.165) is 11.1 Å². The Morgan fingerprint density at radius 2 is 1.87 bits per heavy atom. The third-order valence-electron chi connectivity index (χ3n) is 10.8. The summed E-state index contributed by atoms with van der Waals surface area (Å²) < 4.78 is 26.6. The molecule has 8 atom stereocenters. The average Bonchev–Trinajstić information content (AvgIpc) is 3.32. The number of aliphatic hydroxyl groups excluding tert-OH is 1. The van der Waals surface area contributed by atoms with Crippen LogP contribution < -0.4 is 0 Å². The van der Waals surface area contributed by atoms with Crippen LogP contribution in [0.3, 0.4) is 0 Å². The lowest BCUT2D eigenvalue weighted by Crippen LogP contribution is -2.70. The summed E-state index contributed by atoms with van der Waals surface area (Å²) >= 11 is 0. The van der Waals surface area contributed by atoms with Gasteiger partial charge in [-0.15, -0.1) is 0 Å². The van der Waals surface area contributed by atoms with E-state index in [0.29, 0.717) is 35.1 Å². The Bertz CT molecular complexity index is 1680. The minimum Gasteiger partial charge on any atom is -0.508 e. The van der Waals surface area contributed by atoms with Crippen molar-refractivity contribution in [3.8, 4) is 5.75 Å². The molecule has 2 aliphatic heterocycles. The second kappa shape index (κ2) is 10.7. The van der Waals surface area contributed by atoms with Gasteiger partial charge >= 0.3 is 5.97 Å². The number of ether oxygens (including phenoxy) is 4. The normalized spacial score (nSPS) is 37.2. The van der Waals surface area contributed by atoms with Crippen molar-refractivity contribution in [2.75, 3.05) is 6.61 Å². The summed E-state index contributed by atoms with van der Waals surface area (Å²) in [6.07, 6.45) is 4.04. The first-order valence-electron chi connectivity index (χ1n) is 15.9. The Hall–Kier alpha value is -3.60. The molecule has 9 heteroatoms. The van der Waals surface area contributed by atoms with Crippen molar-refractivity contribution in [1.29, 1.82) is 0 Å². The predicted octanol–water partition coefficient (Wildman–Crippen LogP) is 4.23. The highest BCUT2D eigenvalue weighted by Crippen LogP contribution is 2.68. The second-order valence-electron chi connectivity index (χ2n) is 13.8. The molecule has 0 spiro atoms. The quantitative estimate of drug-likeness (QED) is 0.290. The number of esters is 1.